The van der Waals surface area contributed by atoms with Crippen LogP contribution in [0, 0.1) is 0 Å². The minimum absolute atomic E-state index is 0.0143. The number of aromatic nitrogens is 3. The van der Waals surface area contributed by atoms with Gasteiger partial charge in [-0.3, -0.25) is 19.4 Å². The zero-order chi connectivity index (χ0) is 20.8. The molecule has 9 nitrogen and oxygen atoms in total. The molecule has 148 valence electrons. The lowest BCUT2D eigenvalue weighted by Crippen LogP contribution is -2.26. The van der Waals surface area contributed by atoms with Gasteiger partial charge in [0.05, 0.1) is 16.9 Å². The van der Waals surface area contributed by atoms with E-state index in [1.165, 1.54) is 24.8 Å². The van der Waals surface area contributed by atoms with E-state index in [1.807, 2.05) is 0 Å². The smallest absolute Gasteiger partial charge is 0.276 e. The van der Waals surface area contributed by atoms with E-state index in [9.17, 15) is 14.4 Å². The Kier molecular flexibility index (Phi) is 6.20. The van der Waals surface area contributed by atoms with Crippen LogP contribution in [0.15, 0.2) is 49.1 Å². The molecule has 2 aromatic heterocycles. The highest BCUT2D eigenvalue weighted by Gasteiger charge is 2.20. The number of anilines is 2. The fourth-order valence-electron chi connectivity index (χ4n) is 2.46. The molecule has 3 aromatic rings. The molecule has 4 N–H and O–H groups in total. The van der Waals surface area contributed by atoms with Gasteiger partial charge in [-0.2, -0.15) is 0 Å². The predicted molar refractivity (Wildman–Crippen MR) is 108 cm³/mol. The summed E-state index contributed by atoms with van der Waals surface area (Å²) in [6.45, 7) is 2.20. The van der Waals surface area contributed by atoms with Crippen molar-refractivity contribution in [2.45, 2.75) is 6.92 Å². The molecule has 0 aliphatic rings. The van der Waals surface area contributed by atoms with Crippen molar-refractivity contribution in [3.05, 3.63) is 71.0 Å². The maximum absolute atomic E-state index is 12.4. The summed E-state index contributed by atoms with van der Waals surface area (Å²) in [5.74, 6) is -1.35. The summed E-state index contributed by atoms with van der Waals surface area (Å²) in [5, 5.41) is 8.26. The van der Waals surface area contributed by atoms with Gasteiger partial charge in [0.1, 0.15) is 5.69 Å². The number of aromatic amines is 1. The van der Waals surface area contributed by atoms with Crippen LogP contribution in [0.3, 0.4) is 0 Å². The summed E-state index contributed by atoms with van der Waals surface area (Å²) < 4.78 is 0. The third-order valence-corrected chi connectivity index (χ3v) is 4.16. The first-order valence-corrected chi connectivity index (χ1v) is 9.01. The zero-order valence-electron chi connectivity index (χ0n) is 15.3. The van der Waals surface area contributed by atoms with Gasteiger partial charge in [0, 0.05) is 30.3 Å². The van der Waals surface area contributed by atoms with Gasteiger partial charge < -0.3 is 20.9 Å². The largest absolute Gasteiger partial charge is 0.351 e. The number of H-pyrrole nitrogens is 1. The zero-order valence-corrected chi connectivity index (χ0v) is 16.1. The van der Waals surface area contributed by atoms with Crippen molar-refractivity contribution in [3.8, 4) is 0 Å². The van der Waals surface area contributed by atoms with E-state index >= 15 is 0 Å². The normalized spacial score (nSPS) is 10.3. The van der Waals surface area contributed by atoms with Crippen molar-refractivity contribution in [3.63, 3.8) is 0 Å². The first-order valence-electron chi connectivity index (χ1n) is 8.63. The number of benzene rings is 1. The molecule has 3 amide bonds. The van der Waals surface area contributed by atoms with E-state index < -0.39 is 17.7 Å². The molecule has 2 heterocycles. The SMILES string of the molecule is CCNC(=O)c1[nH]cnc1C(=O)Nc1ccc(NC(=O)c2cnccc2Cl)cc1. The number of carbonyl (C=O) groups is 3. The number of carbonyl (C=O) groups excluding carboxylic acids is 3. The predicted octanol–water partition coefficient (Wildman–Crippen LogP) is 2.71. The summed E-state index contributed by atoms with van der Waals surface area (Å²) in [5.41, 5.74) is 1.30. The van der Waals surface area contributed by atoms with Gasteiger partial charge in [-0.15, -0.1) is 0 Å². The Balaban J connectivity index is 1.66. The lowest BCUT2D eigenvalue weighted by Gasteiger charge is -2.08. The Hall–Kier alpha value is -3.72. The van der Waals surface area contributed by atoms with Crippen LogP contribution in [0.5, 0.6) is 0 Å². The third-order valence-electron chi connectivity index (χ3n) is 3.83. The van der Waals surface area contributed by atoms with Crippen molar-refractivity contribution >= 4 is 40.7 Å². The Morgan fingerprint density at radius 2 is 1.66 bits per heavy atom. The number of rotatable bonds is 6. The highest BCUT2D eigenvalue weighted by molar-refractivity contribution is 6.34. The second-order valence-electron chi connectivity index (χ2n) is 5.83. The third kappa shape index (κ3) is 4.77. The van der Waals surface area contributed by atoms with Gasteiger partial charge in [0.25, 0.3) is 17.7 Å². The van der Waals surface area contributed by atoms with Crippen molar-refractivity contribution in [1.29, 1.82) is 0 Å². The number of nitrogens with zero attached hydrogens (tertiary/aromatic N) is 2. The molecule has 29 heavy (non-hydrogen) atoms. The Morgan fingerprint density at radius 1 is 1.00 bits per heavy atom. The van der Waals surface area contributed by atoms with E-state index in [0.717, 1.165) is 0 Å². The molecule has 0 spiro atoms. The van der Waals surface area contributed by atoms with Gasteiger partial charge in [-0.25, -0.2) is 4.98 Å². The lowest BCUT2D eigenvalue weighted by molar-refractivity contribution is 0.0937. The highest BCUT2D eigenvalue weighted by Crippen LogP contribution is 2.18. The van der Waals surface area contributed by atoms with Gasteiger partial charge >= 0.3 is 0 Å². The van der Waals surface area contributed by atoms with Gasteiger partial charge in [-0.05, 0) is 37.3 Å². The summed E-state index contributed by atoms with van der Waals surface area (Å²) in [4.78, 5) is 47.1. The highest BCUT2D eigenvalue weighted by atomic mass is 35.5. The van der Waals surface area contributed by atoms with E-state index in [-0.39, 0.29) is 17.0 Å². The van der Waals surface area contributed by atoms with E-state index in [1.54, 1.807) is 31.2 Å². The molecule has 0 radical (unpaired) electrons. The van der Waals surface area contributed by atoms with Crippen LogP contribution in [0.25, 0.3) is 0 Å². The molecular weight excluding hydrogens is 396 g/mol. The molecule has 3 rings (SSSR count). The van der Waals surface area contributed by atoms with Crippen LogP contribution < -0.4 is 16.0 Å². The van der Waals surface area contributed by atoms with E-state index in [0.29, 0.717) is 22.9 Å². The molecular formula is C19H17ClN6O3. The molecule has 0 saturated heterocycles. The minimum atomic E-state index is -0.536. The second-order valence-corrected chi connectivity index (χ2v) is 6.23. The molecule has 0 atom stereocenters. The summed E-state index contributed by atoms with van der Waals surface area (Å²) in [6.07, 6.45) is 4.15. The number of hydrogen-bond acceptors (Lipinski definition) is 5. The first-order chi connectivity index (χ1) is 14.0. The maximum Gasteiger partial charge on any atom is 0.276 e. The molecule has 0 saturated carbocycles. The van der Waals surface area contributed by atoms with E-state index in [4.69, 9.17) is 11.6 Å². The standard InChI is InChI=1S/C19H17ClN6O3/c1-2-22-18(28)15-16(24-10-23-15)19(29)26-12-5-3-11(4-6-12)25-17(27)13-9-21-8-7-14(13)20/h3-10H,2H2,1H3,(H,22,28)(H,23,24)(H,25,27)(H,26,29). The van der Waals surface area contributed by atoms with Crippen molar-refractivity contribution in [2.24, 2.45) is 0 Å². The average molecular weight is 413 g/mol. The quantitative estimate of drug-likeness (QED) is 0.494. The fraction of sp³-hybridized carbons (Fsp3) is 0.105. The lowest BCUT2D eigenvalue weighted by atomic mass is 10.2. The number of nitrogens with one attached hydrogen (secondary N) is 4. The van der Waals surface area contributed by atoms with Crippen LogP contribution in [0.4, 0.5) is 11.4 Å². The van der Waals surface area contributed by atoms with Crippen molar-refractivity contribution < 1.29 is 14.4 Å². The van der Waals surface area contributed by atoms with Crippen LogP contribution in [-0.4, -0.2) is 39.2 Å². The number of imidazole rings is 1. The van der Waals surface area contributed by atoms with Crippen LogP contribution >= 0.6 is 11.6 Å². The van der Waals surface area contributed by atoms with E-state index in [2.05, 4.69) is 30.9 Å². The van der Waals surface area contributed by atoms with Crippen molar-refractivity contribution in [2.75, 3.05) is 17.2 Å². The summed E-state index contributed by atoms with van der Waals surface area (Å²) in [6, 6.07) is 7.98. The average Bonchev–Trinajstić information content (AvgIpc) is 3.20. The van der Waals surface area contributed by atoms with Crippen molar-refractivity contribution in [1.82, 2.24) is 20.3 Å². The second kappa shape index (κ2) is 8.98. The molecule has 0 aliphatic carbocycles. The van der Waals surface area contributed by atoms with Crippen LogP contribution in [0.2, 0.25) is 5.02 Å². The van der Waals surface area contributed by atoms with Gasteiger partial charge in [0.2, 0.25) is 0 Å². The molecule has 0 unspecified atom stereocenters. The summed E-state index contributed by atoms with van der Waals surface area (Å²) >= 11 is 5.99. The minimum Gasteiger partial charge on any atom is -0.351 e. The van der Waals surface area contributed by atoms with Gasteiger partial charge in [-0.1, -0.05) is 11.6 Å². The first kappa shape index (κ1) is 20.0. The number of amides is 3. The molecule has 0 fully saturated rings. The number of hydrogen-bond donors (Lipinski definition) is 4. The number of halogens is 1. The molecule has 0 aliphatic heterocycles. The number of pyridine rings is 1. The molecule has 1 aromatic carbocycles. The molecule has 10 heteroatoms. The van der Waals surface area contributed by atoms with Gasteiger partial charge in [0.15, 0.2) is 5.69 Å². The van der Waals surface area contributed by atoms with Crippen LogP contribution in [0.1, 0.15) is 38.3 Å². The Labute approximate surface area is 170 Å². The monoisotopic (exact) mass is 412 g/mol. The Morgan fingerprint density at radius 3 is 2.28 bits per heavy atom. The Bertz CT molecular complexity index is 1050. The summed E-state index contributed by atoms with van der Waals surface area (Å²) in [7, 11) is 0. The maximum atomic E-state index is 12.4. The molecule has 0 bridgehead atoms. The fourth-order valence-corrected chi connectivity index (χ4v) is 2.65. The van der Waals surface area contributed by atoms with Crippen LogP contribution in [-0.2, 0) is 0 Å². The topological polar surface area (TPSA) is 129 Å².